The second-order valence-corrected chi connectivity index (χ2v) is 6.88. The number of hydrogen-bond acceptors (Lipinski definition) is 4. The molecule has 0 aliphatic carbocycles. The maximum absolute atomic E-state index is 12.0. The highest BCUT2D eigenvalue weighted by Crippen LogP contribution is 2.30. The Balaban J connectivity index is 1.36. The summed E-state index contributed by atoms with van der Waals surface area (Å²) in [6.45, 7) is 2.98. The topological polar surface area (TPSA) is 47.6 Å². The van der Waals surface area contributed by atoms with Crippen molar-refractivity contribution in [3.8, 4) is 11.5 Å². The first-order valence-electron chi connectivity index (χ1n) is 8.05. The molecular weight excluding hydrogens is 322 g/mol. The van der Waals surface area contributed by atoms with Crippen LogP contribution < -0.4 is 14.8 Å². The smallest absolute Gasteiger partial charge is 0.220 e. The minimum atomic E-state index is -0.145. The SMILES string of the molecule is Cc1ccc(SCCC(=O)NC[C@@H]2COc3ccccc3O2)cc1. The van der Waals surface area contributed by atoms with Crippen LogP contribution in [0.3, 0.4) is 0 Å². The monoisotopic (exact) mass is 343 g/mol. The number of carbonyl (C=O) groups is 1. The van der Waals surface area contributed by atoms with Crippen molar-refractivity contribution in [2.45, 2.75) is 24.3 Å². The Hall–Kier alpha value is -2.14. The Morgan fingerprint density at radius 2 is 1.92 bits per heavy atom. The minimum Gasteiger partial charge on any atom is -0.486 e. The summed E-state index contributed by atoms with van der Waals surface area (Å²) < 4.78 is 11.5. The van der Waals surface area contributed by atoms with Crippen molar-refractivity contribution in [1.29, 1.82) is 0 Å². The van der Waals surface area contributed by atoms with Gasteiger partial charge in [0.15, 0.2) is 11.5 Å². The van der Waals surface area contributed by atoms with E-state index in [0.717, 1.165) is 17.3 Å². The van der Waals surface area contributed by atoms with Crippen LogP contribution in [0, 0.1) is 6.92 Å². The van der Waals surface area contributed by atoms with Crippen LogP contribution in [-0.2, 0) is 4.79 Å². The molecule has 0 radical (unpaired) electrons. The van der Waals surface area contributed by atoms with Crippen LogP contribution in [0.15, 0.2) is 53.4 Å². The van der Waals surface area contributed by atoms with E-state index >= 15 is 0 Å². The zero-order valence-electron chi connectivity index (χ0n) is 13.7. The number of ether oxygens (including phenoxy) is 2. The van der Waals surface area contributed by atoms with Crippen molar-refractivity contribution in [1.82, 2.24) is 5.32 Å². The summed E-state index contributed by atoms with van der Waals surface area (Å²) in [6.07, 6.45) is 0.344. The molecule has 1 N–H and O–H groups in total. The lowest BCUT2D eigenvalue weighted by Crippen LogP contribution is -2.40. The number of para-hydroxylation sites is 2. The molecule has 2 aromatic rings. The highest BCUT2D eigenvalue weighted by molar-refractivity contribution is 7.99. The first-order valence-corrected chi connectivity index (χ1v) is 9.04. The fourth-order valence-electron chi connectivity index (χ4n) is 2.38. The van der Waals surface area contributed by atoms with Crippen LogP contribution in [0.25, 0.3) is 0 Å². The van der Waals surface area contributed by atoms with Crippen LogP contribution in [0.5, 0.6) is 11.5 Å². The first-order chi connectivity index (χ1) is 11.7. The number of nitrogens with one attached hydrogen (secondary N) is 1. The van der Waals surface area contributed by atoms with Gasteiger partial charge in [-0.3, -0.25) is 4.79 Å². The van der Waals surface area contributed by atoms with Crippen molar-refractivity contribution >= 4 is 17.7 Å². The third-order valence-electron chi connectivity index (χ3n) is 3.71. The van der Waals surface area contributed by atoms with Gasteiger partial charge in [0.1, 0.15) is 12.7 Å². The van der Waals surface area contributed by atoms with E-state index in [9.17, 15) is 4.79 Å². The molecule has 0 fully saturated rings. The summed E-state index contributed by atoms with van der Waals surface area (Å²) in [6, 6.07) is 15.9. The summed E-state index contributed by atoms with van der Waals surface area (Å²) in [4.78, 5) is 13.1. The zero-order valence-corrected chi connectivity index (χ0v) is 14.5. The molecule has 0 saturated heterocycles. The van der Waals surface area contributed by atoms with E-state index in [1.54, 1.807) is 11.8 Å². The predicted octanol–water partition coefficient (Wildman–Crippen LogP) is 3.43. The Labute approximate surface area is 146 Å². The number of aryl methyl sites for hydroxylation is 1. The van der Waals surface area contributed by atoms with E-state index in [1.165, 1.54) is 10.5 Å². The highest BCUT2D eigenvalue weighted by atomic mass is 32.2. The molecule has 2 aromatic carbocycles. The van der Waals surface area contributed by atoms with Gasteiger partial charge >= 0.3 is 0 Å². The fourth-order valence-corrected chi connectivity index (χ4v) is 3.23. The first kappa shape index (κ1) is 16.7. The Bertz CT molecular complexity index is 687. The average molecular weight is 343 g/mol. The lowest BCUT2D eigenvalue weighted by Gasteiger charge is -2.26. The number of amides is 1. The van der Waals surface area contributed by atoms with E-state index in [0.29, 0.717) is 19.6 Å². The summed E-state index contributed by atoms with van der Waals surface area (Å²) in [7, 11) is 0. The summed E-state index contributed by atoms with van der Waals surface area (Å²) in [5.74, 6) is 2.30. The molecular formula is C19H21NO3S. The molecule has 24 heavy (non-hydrogen) atoms. The largest absolute Gasteiger partial charge is 0.486 e. The number of thioether (sulfide) groups is 1. The zero-order chi connectivity index (χ0) is 16.8. The van der Waals surface area contributed by atoms with Crippen molar-refractivity contribution in [3.63, 3.8) is 0 Å². The molecule has 0 unspecified atom stereocenters. The fraction of sp³-hybridized carbons (Fsp3) is 0.316. The molecule has 126 valence electrons. The van der Waals surface area contributed by atoms with E-state index in [2.05, 4.69) is 36.5 Å². The van der Waals surface area contributed by atoms with E-state index in [1.807, 2.05) is 24.3 Å². The van der Waals surface area contributed by atoms with Gasteiger partial charge in [-0.2, -0.15) is 0 Å². The van der Waals surface area contributed by atoms with Gasteiger partial charge in [0.05, 0.1) is 6.54 Å². The number of carbonyl (C=O) groups excluding carboxylic acids is 1. The number of benzene rings is 2. The molecule has 0 saturated carbocycles. The van der Waals surface area contributed by atoms with Crippen LogP contribution in [0.1, 0.15) is 12.0 Å². The Morgan fingerprint density at radius 3 is 2.71 bits per heavy atom. The van der Waals surface area contributed by atoms with Crippen LogP contribution in [0.4, 0.5) is 0 Å². The van der Waals surface area contributed by atoms with Gasteiger partial charge in [0.25, 0.3) is 0 Å². The van der Waals surface area contributed by atoms with Gasteiger partial charge in [-0.25, -0.2) is 0 Å². The maximum Gasteiger partial charge on any atom is 0.220 e. The number of fused-ring (bicyclic) bond motifs is 1. The lowest BCUT2D eigenvalue weighted by molar-refractivity contribution is -0.121. The Kier molecular flexibility index (Phi) is 5.64. The number of hydrogen-bond donors (Lipinski definition) is 1. The van der Waals surface area contributed by atoms with Gasteiger partial charge in [0, 0.05) is 17.1 Å². The Morgan fingerprint density at radius 1 is 1.17 bits per heavy atom. The second-order valence-electron chi connectivity index (χ2n) is 5.71. The molecule has 0 aromatic heterocycles. The van der Waals surface area contributed by atoms with Crippen molar-refractivity contribution in [2.75, 3.05) is 18.9 Å². The van der Waals surface area contributed by atoms with Gasteiger partial charge < -0.3 is 14.8 Å². The summed E-state index contributed by atoms with van der Waals surface area (Å²) in [5.41, 5.74) is 1.24. The molecule has 5 heteroatoms. The van der Waals surface area contributed by atoms with Gasteiger partial charge in [-0.1, -0.05) is 29.8 Å². The molecule has 1 amide bonds. The predicted molar refractivity (Wildman–Crippen MR) is 95.9 cm³/mol. The second kappa shape index (κ2) is 8.11. The highest BCUT2D eigenvalue weighted by Gasteiger charge is 2.20. The van der Waals surface area contributed by atoms with Crippen LogP contribution in [-0.4, -0.2) is 30.9 Å². The number of rotatable bonds is 6. The molecule has 1 aliphatic rings. The molecule has 1 heterocycles. The molecule has 0 spiro atoms. The van der Waals surface area contributed by atoms with Crippen molar-refractivity contribution in [2.24, 2.45) is 0 Å². The van der Waals surface area contributed by atoms with Gasteiger partial charge in [-0.05, 0) is 31.2 Å². The van der Waals surface area contributed by atoms with E-state index in [-0.39, 0.29) is 12.0 Å². The van der Waals surface area contributed by atoms with Crippen molar-refractivity contribution in [3.05, 3.63) is 54.1 Å². The minimum absolute atomic E-state index is 0.0390. The van der Waals surface area contributed by atoms with E-state index in [4.69, 9.17) is 9.47 Å². The maximum atomic E-state index is 12.0. The molecule has 4 nitrogen and oxygen atoms in total. The molecule has 3 rings (SSSR count). The standard InChI is InChI=1S/C19H21NO3S/c1-14-6-8-16(9-7-14)24-11-10-19(21)20-12-15-13-22-17-4-2-3-5-18(17)23-15/h2-9,15H,10-13H2,1H3,(H,20,21)/t15-/m1/s1. The van der Waals surface area contributed by atoms with Gasteiger partial charge in [-0.15, -0.1) is 11.8 Å². The van der Waals surface area contributed by atoms with E-state index < -0.39 is 0 Å². The third kappa shape index (κ3) is 4.68. The summed E-state index contributed by atoms with van der Waals surface area (Å²) in [5, 5.41) is 2.92. The molecule has 0 bridgehead atoms. The third-order valence-corrected chi connectivity index (χ3v) is 4.73. The van der Waals surface area contributed by atoms with Crippen molar-refractivity contribution < 1.29 is 14.3 Å². The summed E-state index contributed by atoms with van der Waals surface area (Å²) >= 11 is 1.69. The molecule has 1 aliphatic heterocycles. The van der Waals surface area contributed by atoms with Crippen LogP contribution in [0.2, 0.25) is 0 Å². The quantitative estimate of drug-likeness (QED) is 0.816. The van der Waals surface area contributed by atoms with Crippen LogP contribution >= 0.6 is 11.8 Å². The van der Waals surface area contributed by atoms with Gasteiger partial charge in [0.2, 0.25) is 5.91 Å². The normalized spacial score (nSPS) is 15.8. The lowest BCUT2D eigenvalue weighted by atomic mass is 10.2. The molecule has 1 atom stereocenters. The average Bonchev–Trinajstić information content (AvgIpc) is 2.61.